The first-order valence-electron chi connectivity index (χ1n) is 7.48. The van der Waals surface area contributed by atoms with Gasteiger partial charge in [-0.05, 0) is 13.3 Å². The van der Waals surface area contributed by atoms with E-state index in [9.17, 15) is 5.21 Å². The molecule has 0 saturated carbocycles. The number of ether oxygens (including phenoxy) is 1. The van der Waals surface area contributed by atoms with Crippen LogP contribution in [0, 0.1) is 19.1 Å². The topological polar surface area (TPSA) is 74.8 Å². The highest BCUT2D eigenvalue weighted by Gasteiger charge is 1.95. The second-order valence-electron chi connectivity index (χ2n) is 4.95. The highest BCUT2D eigenvalue weighted by molar-refractivity contribution is 4.99. The van der Waals surface area contributed by atoms with Gasteiger partial charge in [0, 0.05) is 19.7 Å². The SMILES string of the molecule is CCCCCOCc1cnc(C)cn1.Cc1cncc[n+]1[O-]. The molecule has 0 N–H and O–H groups in total. The molecular weight excluding hydrogens is 280 g/mol. The van der Waals surface area contributed by atoms with Crippen LogP contribution in [0.2, 0.25) is 0 Å². The molecule has 0 aromatic carbocycles. The minimum atomic E-state index is 0.580. The predicted molar refractivity (Wildman–Crippen MR) is 83.9 cm³/mol. The number of rotatable bonds is 6. The summed E-state index contributed by atoms with van der Waals surface area (Å²) in [5, 5.41) is 10.5. The number of aryl methyl sites for hydroxylation is 2. The van der Waals surface area contributed by atoms with E-state index in [1.165, 1.54) is 31.4 Å². The van der Waals surface area contributed by atoms with Gasteiger partial charge in [0.2, 0.25) is 5.69 Å². The number of aromatic nitrogens is 4. The van der Waals surface area contributed by atoms with E-state index < -0.39 is 0 Å². The van der Waals surface area contributed by atoms with Gasteiger partial charge in [-0.3, -0.25) is 15.0 Å². The molecule has 0 atom stereocenters. The number of hydrogen-bond acceptors (Lipinski definition) is 5. The fraction of sp³-hybridized carbons (Fsp3) is 0.500. The molecule has 0 saturated heterocycles. The fourth-order valence-electron chi connectivity index (χ4n) is 1.55. The Morgan fingerprint density at radius 2 is 1.95 bits per heavy atom. The zero-order valence-electron chi connectivity index (χ0n) is 13.5. The highest BCUT2D eigenvalue weighted by Crippen LogP contribution is 1.99. The minimum absolute atomic E-state index is 0.580. The molecule has 0 bridgehead atoms. The molecule has 2 aromatic rings. The average Bonchev–Trinajstić information content (AvgIpc) is 2.53. The van der Waals surface area contributed by atoms with Crippen molar-refractivity contribution in [3.05, 3.63) is 53.3 Å². The average molecular weight is 304 g/mol. The summed E-state index contributed by atoms with van der Waals surface area (Å²) in [6.45, 7) is 7.23. The molecule has 6 nitrogen and oxygen atoms in total. The lowest BCUT2D eigenvalue weighted by atomic mass is 10.3. The quantitative estimate of drug-likeness (QED) is 0.465. The maximum atomic E-state index is 10.5. The smallest absolute Gasteiger partial charge is 0.207 e. The molecule has 0 unspecified atom stereocenters. The van der Waals surface area contributed by atoms with Crippen molar-refractivity contribution < 1.29 is 9.47 Å². The van der Waals surface area contributed by atoms with Gasteiger partial charge in [-0.15, -0.1) is 0 Å². The Morgan fingerprint density at radius 3 is 2.50 bits per heavy atom. The summed E-state index contributed by atoms with van der Waals surface area (Å²) in [7, 11) is 0. The van der Waals surface area contributed by atoms with Crippen molar-refractivity contribution in [1.29, 1.82) is 0 Å². The normalized spacial score (nSPS) is 9.95. The van der Waals surface area contributed by atoms with Gasteiger partial charge in [0.25, 0.3) is 0 Å². The van der Waals surface area contributed by atoms with Gasteiger partial charge in [-0.1, -0.05) is 19.8 Å². The minimum Gasteiger partial charge on any atom is -0.618 e. The van der Waals surface area contributed by atoms with Crippen LogP contribution in [-0.2, 0) is 11.3 Å². The van der Waals surface area contributed by atoms with E-state index in [0.717, 1.165) is 29.1 Å². The summed E-state index contributed by atoms with van der Waals surface area (Å²) < 4.78 is 6.23. The summed E-state index contributed by atoms with van der Waals surface area (Å²) in [6.07, 6.45) is 11.5. The van der Waals surface area contributed by atoms with Crippen molar-refractivity contribution in [3.8, 4) is 0 Å². The van der Waals surface area contributed by atoms with Crippen LogP contribution in [0.4, 0.5) is 0 Å². The van der Waals surface area contributed by atoms with Crippen molar-refractivity contribution in [2.45, 2.75) is 46.6 Å². The monoisotopic (exact) mass is 304 g/mol. The zero-order valence-corrected chi connectivity index (χ0v) is 13.5. The van der Waals surface area contributed by atoms with E-state index in [-0.39, 0.29) is 0 Å². The van der Waals surface area contributed by atoms with Crippen LogP contribution in [-0.4, -0.2) is 21.6 Å². The van der Waals surface area contributed by atoms with E-state index in [2.05, 4.69) is 21.9 Å². The zero-order chi connectivity index (χ0) is 16.2. The number of unbranched alkanes of at least 4 members (excludes halogenated alkanes) is 2. The maximum Gasteiger partial charge on any atom is 0.207 e. The molecule has 0 fully saturated rings. The molecule has 0 spiro atoms. The lowest BCUT2D eigenvalue weighted by Gasteiger charge is -2.02. The Kier molecular flexibility index (Phi) is 8.67. The van der Waals surface area contributed by atoms with Crippen LogP contribution in [0.15, 0.2) is 31.0 Å². The van der Waals surface area contributed by atoms with Crippen molar-refractivity contribution >= 4 is 0 Å². The van der Waals surface area contributed by atoms with Gasteiger partial charge < -0.3 is 9.94 Å². The first kappa shape index (κ1) is 18.0. The third-order valence-corrected chi connectivity index (χ3v) is 2.87. The summed E-state index contributed by atoms with van der Waals surface area (Å²) in [6, 6.07) is 0. The number of hydrogen-bond donors (Lipinski definition) is 0. The molecule has 0 aliphatic heterocycles. The largest absolute Gasteiger partial charge is 0.618 e. The Hall–Kier alpha value is -2.08. The van der Waals surface area contributed by atoms with Gasteiger partial charge in [0.05, 0.1) is 36.6 Å². The maximum absolute atomic E-state index is 10.5. The van der Waals surface area contributed by atoms with E-state index in [1.54, 1.807) is 19.3 Å². The lowest BCUT2D eigenvalue weighted by Crippen LogP contribution is -2.28. The second kappa shape index (κ2) is 10.6. The van der Waals surface area contributed by atoms with Crippen LogP contribution in [0.1, 0.15) is 43.3 Å². The van der Waals surface area contributed by atoms with Gasteiger partial charge in [0.15, 0.2) is 6.20 Å². The Bertz CT molecular complexity index is 511. The van der Waals surface area contributed by atoms with Gasteiger partial charge in [-0.25, -0.2) is 0 Å². The fourth-order valence-corrected chi connectivity index (χ4v) is 1.55. The van der Waals surface area contributed by atoms with E-state index in [1.807, 2.05) is 6.92 Å². The van der Waals surface area contributed by atoms with Crippen LogP contribution in [0.3, 0.4) is 0 Å². The Labute approximate surface area is 131 Å². The Balaban J connectivity index is 0.000000255. The molecule has 0 aliphatic carbocycles. The molecule has 0 aliphatic rings. The molecule has 2 aromatic heterocycles. The molecule has 0 radical (unpaired) electrons. The highest BCUT2D eigenvalue weighted by atomic mass is 16.5. The van der Waals surface area contributed by atoms with Gasteiger partial charge in [-0.2, -0.15) is 4.73 Å². The summed E-state index contributed by atoms with van der Waals surface area (Å²) >= 11 is 0. The van der Waals surface area contributed by atoms with Crippen LogP contribution in [0.25, 0.3) is 0 Å². The molecule has 120 valence electrons. The summed E-state index contributed by atoms with van der Waals surface area (Å²) in [4.78, 5) is 12.1. The molecular formula is C16H24N4O2. The molecule has 2 heterocycles. The van der Waals surface area contributed by atoms with E-state index in [0.29, 0.717) is 12.3 Å². The molecule has 2 rings (SSSR count). The van der Waals surface area contributed by atoms with Gasteiger partial charge in [0.1, 0.15) is 0 Å². The molecule has 6 heteroatoms. The Morgan fingerprint density at radius 1 is 1.14 bits per heavy atom. The summed E-state index contributed by atoms with van der Waals surface area (Å²) in [5.41, 5.74) is 2.47. The van der Waals surface area contributed by atoms with Crippen molar-refractivity contribution in [2.75, 3.05) is 6.61 Å². The molecule has 0 amide bonds. The predicted octanol–water partition coefficient (Wildman–Crippen LogP) is 2.52. The third kappa shape index (κ3) is 7.64. The van der Waals surface area contributed by atoms with E-state index in [4.69, 9.17) is 4.74 Å². The van der Waals surface area contributed by atoms with Crippen molar-refractivity contribution in [3.63, 3.8) is 0 Å². The van der Waals surface area contributed by atoms with E-state index >= 15 is 0 Å². The first-order chi connectivity index (χ1) is 10.6. The van der Waals surface area contributed by atoms with Crippen LogP contribution >= 0.6 is 0 Å². The standard InChI is InChI=1S/C11H18N2O.C5H6N2O/c1-3-4-5-6-14-9-11-8-12-10(2)7-13-11;1-5-4-6-2-3-7(5)8/h7-8H,3-6,9H2,1-2H3;2-4H,1H3. The van der Waals surface area contributed by atoms with Crippen LogP contribution < -0.4 is 4.73 Å². The summed E-state index contributed by atoms with van der Waals surface area (Å²) in [5.74, 6) is 0. The number of nitrogens with zero attached hydrogens (tertiary/aromatic N) is 4. The molecule has 22 heavy (non-hydrogen) atoms. The van der Waals surface area contributed by atoms with Gasteiger partial charge >= 0.3 is 0 Å². The van der Waals surface area contributed by atoms with Crippen molar-refractivity contribution in [2.24, 2.45) is 0 Å². The lowest BCUT2D eigenvalue weighted by molar-refractivity contribution is -0.612. The van der Waals surface area contributed by atoms with Crippen molar-refractivity contribution in [1.82, 2.24) is 15.0 Å². The third-order valence-electron chi connectivity index (χ3n) is 2.87. The van der Waals surface area contributed by atoms with Crippen LogP contribution in [0.5, 0.6) is 0 Å². The first-order valence-corrected chi connectivity index (χ1v) is 7.48. The second-order valence-corrected chi connectivity index (χ2v) is 4.95.